The Morgan fingerprint density at radius 1 is 0.447 bits per heavy atom. The van der Waals surface area contributed by atoms with Gasteiger partial charge in [0.1, 0.15) is 116 Å². The zero-order valence-electron chi connectivity index (χ0n) is 50.8. The molecule has 4 aliphatic rings. The van der Waals surface area contributed by atoms with Crippen molar-refractivity contribution < 1.29 is 62.7 Å². The minimum atomic E-state index is -0.656. The summed E-state index contributed by atoms with van der Waals surface area (Å²) in [7, 11) is 0. The number of phenolic OH excluding ortho intramolecular Hbond substituents is 2. The molecule has 4 aliphatic heterocycles. The van der Waals surface area contributed by atoms with Gasteiger partial charge in [-0.1, -0.05) is 121 Å². The average molecular weight is 1170 g/mol. The molecule has 0 radical (unpaired) electrons. The molecule has 4 fully saturated rings. The van der Waals surface area contributed by atoms with Crippen LogP contribution in [0.25, 0.3) is 0 Å². The highest BCUT2D eigenvalue weighted by atomic mass is 16.6. The van der Waals surface area contributed by atoms with Crippen molar-refractivity contribution in [2.45, 2.75) is 169 Å². The molecule has 5 atom stereocenters. The lowest BCUT2D eigenvalue weighted by molar-refractivity contribution is 0.0626. The van der Waals surface area contributed by atoms with Crippen molar-refractivity contribution in [1.29, 1.82) is 0 Å². The molecule has 6 aromatic rings. The van der Waals surface area contributed by atoms with E-state index in [2.05, 4.69) is 37.3 Å². The van der Waals surface area contributed by atoms with Gasteiger partial charge in [-0.2, -0.15) is 0 Å². The molecule has 85 heavy (non-hydrogen) atoms. The molecule has 10 rings (SSSR count). The third-order valence-corrected chi connectivity index (χ3v) is 14.6. The molecule has 0 bridgehead atoms. The highest BCUT2D eigenvalue weighted by Gasteiger charge is 2.26. The maximum Gasteiger partial charge on any atom is 0.126 e. The number of ether oxygens (including phenoxy) is 10. The summed E-state index contributed by atoms with van der Waals surface area (Å²) in [6, 6.07) is 41.6. The second-order valence-corrected chi connectivity index (χ2v) is 22.8. The standard InChI is InChI=1S/C30H44O3.C17H20O3.C13H16O4.C11H14O3.CH4/c1-2-3-4-6-10-15-26(27-18-20-28(31)21-19-27)16-11-8-5-7-9-13-25-14-12-17-29(22-25)32-23-30-24-33-30;1-13-5-3-7-16(9-13)19-11-15(18)12-20-17-8-4-6-14(2)10-17;1-9-2-10(14-5-12-7-16-12)4-11(3-9)15-6-13-8-17-13;1-7-3-10(12)8(2)11(4-7)14-6-9-5-13-9;/h12,14,17-22,26,30-31H,2-11,13,15-16,23-24H2,1H3;3-10,15,18H,11-12H2,1-2H3;2-4,12-13H,5-8H2,1H3;3-4,9,12H,5-6H2,1-2H3;1H4. The van der Waals surface area contributed by atoms with Gasteiger partial charge >= 0.3 is 0 Å². The Kier molecular flexibility index (Phi) is 29.6. The predicted molar refractivity (Wildman–Crippen MR) is 338 cm³/mol. The number of rotatable bonds is 33. The highest BCUT2D eigenvalue weighted by Crippen LogP contribution is 2.32. The van der Waals surface area contributed by atoms with Gasteiger partial charge in [0.2, 0.25) is 0 Å². The molecule has 0 saturated carbocycles. The van der Waals surface area contributed by atoms with E-state index in [1.54, 1.807) is 6.07 Å². The molecule has 3 N–H and O–H groups in total. The van der Waals surface area contributed by atoms with Gasteiger partial charge in [0.25, 0.3) is 0 Å². The van der Waals surface area contributed by atoms with Crippen molar-refractivity contribution in [3.63, 3.8) is 0 Å². The van der Waals surface area contributed by atoms with E-state index in [0.717, 1.165) is 95.2 Å². The summed E-state index contributed by atoms with van der Waals surface area (Å²) in [5, 5.41) is 29.1. The molecule has 0 aromatic heterocycles. The van der Waals surface area contributed by atoms with Gasteiger partial charge in [-0.25, -0.2) is 0 Å². The van der Waals surface area contributed by atoms with Gasteiger partial charge in [0, 0.05) is 11.6 Å². The number of epoxide rings is 4. The van der Waals surface area contributed by atoms with Gasteiger partial charge in [0.05, 0.1) is 26.4 Å². The smallest absolute Gasteiger partial charge is 0.126 e. The summed E-state index contributed by atoms with van der Waals surface area (Å²) in [5.41, 5.74) is 7.96. The van der Waals surface area contributed by atoms with Crippen LogP contribution in [-0.2, 0) is 25.4 Å². The number of benzene rings is 6. The zero-order valence-corrected chi connectivity index (χ0v) is 50.8. The van der Waals surface area contributed by atoms with Crippen molar-refractivity contribution in [3.8, 4) is 46.0 Å². The number of hydrogen-bond donors (Lipinski definition) is 3. The highest BCUT2D eigenvalue weighted by molar-refractivity contribution is 5.46. The molecular weight excluding hydrogens is 1070 g/mol. The van der Waals surface area contributed by atoms with Crippen molar-refractivity contribution in [3.05, 3.63) is 166 Å². The van der Waals surface area contributed by atoms with Gasteiger partial charge < -0.3 is 62.7 Å². The molecule has 6 aromatic carbocycles. The van der Waals surface area contributed by atoms with Crippen LogP contribution >= 0.6 is 0 Å². The summed E-state index contributed by atoms with van der Waals surface area (Å²) < 4.78 is 54.1. The quantitative estimate of drug-likeness (QED) is 0.0263. The molecule has 4 heterocycles. The molecule has 4 saturated heterocycles. The summed E-state index contributed by atoms with van der Waals surface area (Å²) in [6.45, 7) is 18.3. The van der Waals surface area contributed by atoms with Gasteiger partial charge in [-0.15, -0.1) is 0 Å². The summed E-state index contributed by atoms with van der Waals surface area (Å²) in [6.07, 6.45) is 17.3. The van der Waals surface area contributed by atoms with Crippen molar-refractivity contribution >= 4 is 0 Å². The van der Waals surface area contributed by atoms with E-state index in [0.29, 0.717) is 44.2 Å². The van der Waals surface area contributed by atoms with E-state index in [4.69, 9.17) is 47.4 Å². The Labute approximate surface area is 507 Å². The molecule has 0 aliphatic carbocycles. The number of aliphatic hydroxyl groups is 1. The second-order valence-electron chi connectivity index (χ2n) is 22.8. The fraction of sp³-hybridized carbons (Fsp3) is 0.500. The van der Waals surface area contributed by atoms with E-state index in [1.165, 1.54) is 88.2 Å². The zero-order chi connectivity index (χ0) is 59.3. The van der Waals surface area contributed by atoms with Gasteiger partial charge in [-0.3, -0.25) is 0 Å². The first-order valence-corrected chi connectivity index (χ1v) is 30.7. The van der Waals surface area contributed by atoms with Crippen molar-refractivity contribution in [1.82, 2.24) is 0 Å². The summed E-state index contributed by atoms with van der Waals surface area (Å²) in [5.74, 6) is 6.22. The monoisotopic (exact) mass is 1170 g/mol. The Hall–Kier alpha value is -6.48. The topological polar surface area (TPSA) is 166 Å². The second kappa shape index (κ2) is 37.2. The number of unbranched alkanes of at least 4 members (excludes halogenated alkanes) is 8. The number of aliphatic hydroxyl groups excluding tert-OH is 1. The molecule has 13 nitrogen and oxygen atoms in total. The molecule has 0 amide bonds. The Morgan fingerprint density at radius 3 is 1.39 bits per heavy atom. The molecule has 0 spiro atoms. The number of aromatic hydroxyl groups is 2. The van der Waals surface area contributed by atoms with Crippen LogP contribution in [0.2, 0.25) is 0 Å². The SMILES string of the molecule is C.CCCCCCCC(CCCCCCCc1cccc(OCC2CO2)c1)c1ccc(O)cc1.Cc1cc(O)c(C)c(OCC2CO2)c1.Cc1cc(OCC2CO2)cc(OCC2CO2)c1.Cc1cccc(OCC(O)COc2cccc(C)c2)c1. The number of phenols is 2. The summed E-state index contributed by atoms with van der Waals surface area (Å²) in [4.78, 5) is 0. The lowest BCUT2D eigenvalue weighted by atomic mass is 9.88. The predicted octanol–water partition coefficient (Wildman–Crippen LogP) is 15.3. The third-order valence-electron chi connectivity index (χ3n) is 14.6. The lowest BCUT2D eigenvalue weighted by Gasteiger charge is -2.18. The van der Waals surface area contributed by atoms with Crippen LogP contribution in [0.15, 0.2) is 127 Å². The van der Waals surface area contributed by atoms with Crippen molar-refractivity contribution in [2.24, 2.45) is 0 Å². The number of hydrogen-bond acceptors (Lipinski definition) is 13. The maximum atomic E-state index is 9.86. The first-order chi connectivity index (χ1) is 40.8. The van der Waals surface area contributed by atoms with E-state index in [1.807, 2.05) is 126 Å². The van der Waals surface area contributed by atoms with E-state index in [9.17, 15) is 15.3 Å². The van der Waals surface area contributed by atoms with Crippen LogP contribution in [0.4, 0.5) is 0 Å². The Balaban J connectivity index is 0.000000191. The lowest BCUT2D eigenvalue weighted by Crippen LogP contribution is -2.25. The number of aryl methyl sites for hydroxylation is 5. The fourth-order valence-corrected chi connectivity index (χ4v) is 9.35. The Morgan fingerprint density at radius 2 is 0.882 bits per heavy atom. The molecular formula is C72H98O13. The fourth-order valence-electron chi connectivity index (χ4n) is 9.35. The normalized spacial score (nSPS) is 17.0. The summed E-state index contributed by atoms with van der Waals surface area (Å²) >= 11 is 0. The van der Waals surface area contributed by atoms with E-state index in [-0.39, 0.29) is 44.7 Å². The van der Waals surface area contributed by atoms with Gasteiger partial charge in [0.15, 0.2) is 0 Å². The first kappa shape index (κ1) is 67.6. The van der Waals surface area contributed by atoms with Crippen LogP contribution in [0.3, 0.4) is 0 Å². The van der Waals surface area contributed by atoms with Crippen LogP contribution < -0.4 is 28.4 Å². The van der Waals surface area contributed by atoms with E-state index < -0.39 is 6.10 Å². The van der Waals surface area contributed by atoms with Crippen LogP contribution in [-0.4, -0.2) is 112 Å². The molecule has 5 unspecified atom stereocenters. The van der Waals surface area contributed by atoms with Gasteiger partial charge in [-0.05, 0) is 172 Å². The minimum Gasteiger partial charge on any atom is -0.508 e. The largest absolute Gasteiger partial charge is 0.508 e. The molecule has 13 heteroatoms. The van der Waals surface area contributed by atoms with Crippen LogP contribution in [0.5, 0.6) is 46.0 Å². The van der Waals surface area contributed by atoms with Crippen LogP contribution in [0, 0.1) is 34.6 Å². The Bertz CT molecular complexity index is 2720. The van der Waals surface area contributed by atoms with E-state index >= 15 is 0 Å². The maximum absolute atomic E-state index is 9.86. The molecule has 464 valence electrons. The van der Waals surface area contributed by atoms with Crippen LogP contribution in [0.1, 0.15) is 136 Å². The first-order valence-electron chi connectivity index (χ1n) is 30.7. The third kappa shape index (κ3) is 28.5. The van der Waals surface area contributed by atoms with Crippen molar-refractivity contribution in [2.75, 3.05) is 66.1 Å². The minimum absolute atomic E-state index is 0. The average Bonchev–Trinajstić information content (AvgIpc) is 4.30.